The summed E-state index contributed by atoms with van der Waals surface area (Å²) < 4.78 is 40.2. The number of carboxylic acid groups (broad SMARTS) is 1. The minimum absolute atomic E-state index is 0.189. The van der Waals surface area contributed by atoms with Gasteiger partial charge in [-0.2, -0.15) is 0 Å². The van der Waals surface area contributed by atoms with E-state index in [0.717, 1.165) is 50.5 Å². The van der Waals surface area contributed by atoms with Gasteiger partial charge in [0, 0.05) is 6.08 Å². The Kier molecular flexibility index (Phi) is 6.91. The lowest BCUT2D eigenvalue weighted by molar-refractivity contribution is -0.274. The molecule has 1 aromatic carbocycles. The molecule has 2 rings (SSSR count). The maximum absolute atomic E-state index is 12.1. The average Bonchev–Trinajstić information content (AvgIpc) is 2.54. The third kappa shape index (κ3) is 7.63. The second-order valence-corrected chi connectivity index (χ2v) is 6.59. The number of carbonyl (C=O) groups is 1. The summed E-state index contributed by atoms with van der Waals surface area (Å²) in [4.78, 5) is 10.5. The molecule has 0 aliphatic heterocycles. The van der Waals surface area contributed by atoms with E-state index >= 15 is 0 Å². The van der Waals surface area contributed by atoms with Gasteiger partial charge in [-0.25, -0.2) is 4.79 Å². The van der Waals surface area contributed by atoms with Gasteiger partial charge >= 0.3 is 12.3 Å². The van der Waals surface area contributed by atoms with Crippen LogP contribution >= 0.6 is 0 Å². The van der Waals surface area contributed by atoms with Crippen molar-refractivity contribution < 1.29 is 27.8 Å². The molecule has 1 N–H and O–H groups in total. The van der Waals surface area contributed by atoms with E-state index in [1.54, 1.807) is 18.2 Å². The van der Waals surface area contributed by atoms with Gasteiger partial charge in [-0.1, -0.05) is 31.1 Å². The van der Waals surface area contributed by atoms with Crippen molar-refractivity contribution in [3.63, 3.8) is 0 Å². The number of alkyl halides is 3. The molecule has 1 aliphatic carbocycles. The Balaban J connectivity index is 1.69. The fourth-order valence-corrected chi connectivity index (χ4v) is 3.35. The van der Waals surface area contributed by atoms with Crippen molar-refractivity contribution in [2.45, 2.75) is 51.3 Å². The van der Waals surface area contributed by atoms with Crippen molar-refractivity contribution >= 4 is 5.97 Å². The van der Waals surface area contributed by atoms with Gasteiger partial charge in [0.25, 0.3) is 0 Å². The highest BCUT2D eigenvalue weighted by Crippen LogP contribution is 2.33. The Bertz CT molecular complexity index is 571. The number of hydrogen-bond acceptors (Lipinski definition) is 2. The van der Waals surface area contributed by atoms with E-state index in [1.165, 1.54) is 18.2 Å². The molecule has 1 aromatic rings. The number of carboxylic acids is 1. The zero-order chi connectivity index (χ0) is 18.3. The molecule has 0 heterocycles. The third-order valence-electron chi connectivity index (χ3n) is 4.69. The predicted molar refractivity (Wildman–Crippen MR) is 88.3 cm³/mol. The lowest BCUT2D eigenvalue weighted by atomic mass is 9.78. The zero-order valence-electron chi connectivity index (χ0n) is 14.0. The largest absolute Gasteiger partial charge is 0.573 e. The topological polar surface area (TPSA) is 46.5 Å². The molecule has 0 atom stereocenters. The molecule has 0 spiro atoms. The molecular weight excluding hydrogens is 333 g/mol. The molecule has 1 fully saturated rings. The first kappa shape index (κ1) is 19.3. The van der Waals surface area contributed by atoms with Crippen molar-refractivity contribution in [3.05, 3.63) is 42.0 Å². The Morgan fingerprint density at radius 2 is 1.72 bits per heavy atom. The molecule has 25 heavy (non-hydrogen) atoms. The number of halogens is 3. The Hall–Kier alpha value is -1.98. The summed E-state index contributed by atoms with van der Waals surface area (Å²) in [6.45, 7) is 0. The summed E-state index contributed by atoms with van der Waals surface area (Å²) in [5.74, 6) is 0.1000. The van der Waals surface area contributed by atoms with E-state index < -0.39 is 12.3 Å². The van der Waals surface area contributed by atoms with Crippen molar-refractivity contribution in [1.29, 1.82) is 0 Å². The van der Waals surface area contributed by atoms with Gasteiger partial charge in [0.2, 0.25) is 0 Å². The summed E-state index contributed by atoms with van der Waals surface area (Å²) in [5, 5.41) is 8.59. The molecule has 0 amide bonds. The average molecular weight is 356 g/mol. The number of ether oxygens (including phenoxy) is 1. The third-order valence-corrected chi connectivity index (χ3v) is 4.69. The highest BCUT2D eigenvalue weighted by Gasteiger charge is 2.31. The lowest BCUT2D eigenvalue weighted by Crippen LogP contribution is -2.17. The summed E-state index contributed by atoms with van der Waals surface area (Å²) >= 11 is 0. The zero-order valence-corrected chi connectivity index (χ0v) is 14.0. The minimum Gasteiger partial charge on any atom is -0.478 e. The summed E-state index contributed by atoms with van der Waals surface area (Å²) in [7, 11) is 0. The van der Waals surface area contributed by atoms with Gasteiger partial charge in [0.05, 0.1) is 0 Å². The molecule has 0 saturated heterocycles. The molecule has 0 radical (unpaired) electrons. The Morgan fingerprint density at radius 3 is 2.28 bits per heavy atom. The van der Waals surface area contributed by atoms with Crippen LogP contribution in [0, 0.1) is 11.8 Å². The van der Waals surface area contributed by atoms with E-state index in [-0.39, 0.29) is 5.75 Å². The quantitative estimate of drug-likeness (QED) is 0.670. The van der Waals surface area contributed by atoms with Crippen molar-refractivity contribution in [3.8, 4) is 5.75 Å². The highest BCUT2D eigenvalue weighted by atomic mass is 19.4. The Labute approximate surface area is 145 Å². The van der Waals surface area contributed by atoms with Gasteiger partial charge in [-0.3, -0.25) is 0 Å². The van der Waals surface area contributed by atoms with Crippen LogP contribution < -0.4 is 4.74 Å². The van der Waals surface area contributed by atoms with Crippen LogP contribution in [0.4, 0.5) is 13.2 Å². The molecule has 3 nitrogen and oxygen atoms in total. The summed E-state index contributed by atoms with van der Waals surface area (Å²) in [5.41, 5.74) is 1.01. The van der Waals surface area contributed by atoms with Crippen LogP contribution in [-0.2, 0) is 11.2 Å². The first-order chi connectivity index (χ1) is 11.8. The van der Waals surface area contributed by atoms with Gasteiger partial charge in [0.15, 0.2) is 0 Å². The van der Waals surface area contributed by atoms with Crippen LogP contribution in [-0.4, -0.2) is 17.4 Å². The fraction of sp³-hybridized carbons (Fsp3) is 0.526. The van der Waals surface area contributed by atoms with Gasteiger partial charge in [-0.15, -0.1) is 13.2 Å². The maximum atomic E-state index is 12.1. The first-order valence-electron chi connectivity index (χ1n) is 8.56. The van der Waals surface area contributed by atoms with E-state index in [1.807, 2.05) is 0 Å². The normalized spacial score (nSPS) is 21.4. The van der Waals surface area contributed by atoms with E-state index in [9.17, 15) is 18.0 Å². The van der Waals surface area contributed by atoms with Gasteiger partial charge in [-0.05, 0) is 61.6 Å². The Morgan fingerprint density at radius 1 is 1.12 bits per heavy atom. The van der Waals surface area contributed by atoms with Crippen molar-refractivity contribution in [2.75, 3.05) is 0 Å². The summed E-state index contributed by atoms with van der Waals surface area (Å²) in [6, 6.07) is 6.08. The fourth-order valence-electron chi connectivity index (χ4n) is 3.35. The summed E-state index contributed by atoms with van der Waals surface area (Å²) in [6.07, 6.45) is 5.44. The minimum atomic E-state index is -4.65. The SMILES string of the molecule is O=C(O)/C=C/C[C@H]1CC[C@H](CCc2ccc(OC(F)(F)F)cc2)CC1. The molecule has 0 bridgehead atoms. The van der Waals surface area contributed by atoms with E-state index in [2.05, 4.69) is 4.74 Å². The monoisotopic (exact) mass is 356 g/mol. The number of benzene rings is 1. The standard InChI is InChI=1S/C19H23F3O3/c20-19(21,22)25-17-12-10-16(11-13-17)9-8-15-6-4-14(5-7-15)2-1-3-18(23)24/h1,3,10-15H,2,4-9H2,(H,23,24)/b3-1+/t14-,15-. The number of allylic oxidation sites excluding steroid dienone is 1. The first-order valence-corrected chi connectivity index (χ1v) is 8.56. The number of aryl methyl sites for hydroxylation is 1. The second-order valence-electron chi connectivity index (χ2n) is 6.59. The van der Waals surface area contributed by atoms with Crippen molar-refractivity contribution in [1.82, 2.24) is 0 Å². The molecule has 0 aromatic heterocycles. The predicted octanol–water partition coefficient (Wildman–Crippen LogP) is 5.36. The van der Waals surface area contributed by atoms with Crippen LogP contribution in [0.5, 0.6) is 5.75 Å². The van der Waals surface area contributed by atoms with Gasteiger partial charge in [0.1, 0.15) is 5.75 Å². The second kappa shape index (κ2) is 8.92. The van der Waals surface area contributed by atoms with Gasteiger partial charge < -0.3 is 9.84 Å². The van der Waals surface area contributed by atoms with Crippen LogP contribution in [0.2, 0.25) is 0 Å². The number of rotatable bonds is 7. The van der Waals surface area contributed by atoms with Crippen molar-refractivity contribution in [2.24, 2.45) is 11.8 Å². The molecule has 138 valence electrons. The maximum Gasteiger partial charge on any atom is 0.573 e. The van der Waals surface area contributed by atoms with Crippen LogP contribution in [0.25, 0.3) is 0 Å². The molecule has 6 heteroatoms. The lowest BCUT2D eigenvalue weighted by Gasteiger charge is -2.27. The number of aliphatic carboxylic acids is 1. The highest BCUT2D eigenvalue weighted by molar-refractivity contribution is 5.79. The molecule has 1 aliphatic rings. The van der Waals surface area contributed by atoms with E-state index in [0.29, 0.717) is 11.8 Å². The van der Waals surface area contributed by atoms with Crippen LogP contribution in [0.1, 0.15) is 44.1 Å². The number of hydrogen-bond donors (Lipinski definition) is 1. The van der Waals surface area contributed by atoms with E-state index in [4.69, 9.17) is 5.11 Å². The van der Waals surface area contributed by atoms with Crippen LogP contribution in [0.3, 0.4) is 0 Å². The smallest absolute Gasteiger partial charge is 0.478 e. The molecule has 1 saturated carbocycles. The molecular formula is C19H23F3O3. The molecule has 0 unspecified atom stereocenters. The van der Waals surface area contributed by atoms with Crippen LogP contribution in [0.15, 0.2) is 36.4 Å².